The number of amides is 3. The van der Waals surface area contributed by atoms with E-state index in [0.29, 0.717) is 19.4 Å². The molecule has 1 rings (SSSR count). The maximum absolute atomic E-state index is 11.9. The van der Waals surface area contributed by atoms with Gasteiger partial charge in [0.05, 0.1) is 6.42 Å². The number of carbonyl (C=O) groups is 5. The topological polar surface area (TPSA) is 182 Å². The summed E-state index contributed by atoms with van der Waals surface area (Å²) < 4.78 is 0. The maximum atomic E-state index is 11.9. The van der Waals surface area contributed by atoms with Gasteiger partial charge in [-0.3, -0.25) is 9.59 Å². The Bertz CT molecular complexity index is 810. The average molecular weight is 451 g/mol. The van der Waals surface area contributed by atoms with Gasteiger partial charge in [0.15, 0.2) is 0 Å². The van der Waals surface area contributed by atoms with Crippen molar-refractivity contribution >= 4 is 29.8 Å². The molecule has 0 aliphatic heterocycles. The summed E-state index contributed by atoms with van der Waals surface area (Å²) in [4.78, 5) is 56.9. The van der Waals surface area contributed by atoms with Gasteiger partial charge in [-0.25, -0.2) is 14.4 Å². The average Bonchev–Trinajstić information content (AvgIpc) is 2.71. The van der Waals surface area contributed by atoms with Crippen molar-refractivity contribution < 1.29 is 39.3 Å². The number of nitrogens with one attached hydrogen (secondary N) is 3. The summed E-state index contributed by atoms with van der Waals surface area (Å²) in [5, 5.41) is 33.9. The highest BCUT2D eigenvalue weighted by Gasteiger charge is 2.24. The predicted molar refractivity (Wildman–Crippen MR) is 113 cm³/mol. The van der Waals surface area contributed by atoms with Crippen LogP contribution in [0.3, 0.4) is 0 Å². The van der Waals surface area contributed by atoms with Crippen molar-refractivity contribution in [1.29, 1.82) is 0 Å². The summed E-state index contributed by atoms with van der Waals surface area (Å²) in [6, 6.07) is 3.86. The number of aryl methyl sites for hydroxylation is 1. The third-order valence-corrected chi connectivity index (χ3v) is 4.58. The highest BCUT2D eigenvalue weighted by molar-refractivity contribution is 5.86. The lowest BCUT2D eigenvalue weighted by atomic mass is 10.1. The van der Waals surface area contributed by atoms with Crippen LogP contribution in [0.1, 0.15) is 43.2 Å². The van der Waals surface area contributed by atoms with Gasteiger partial charge in [0, 0.05) is 13.0 Å². The maximum Gasteiger partial charge on any atom is 0.326 e. The Labute approximate surface area is 185 Å². The van der Waals surface area contributed by atoms with Crippen LogP contribution in [0.2, 0.25) is 0 Å². The molecule has 0 radical (unpaired) electrons. The van der Waals surface area contributed by atoms with Crippen molar-refractivity contribution in [2.75, 3.05) is 6.54 Å². The molecule has 6 N–H and O–H groups in total. The molecule has 0 aliphatic rings. The Morgan fingerprint density at radius 1 is 0.844 bits per heavy atom. The summed E-state index contributed by atoms with van der Waals surface area (Å²) >= 11 is 0. The first-order valence-corrected chi connectivity index (χ1v) is 10.1. The molecule has 0 fully saturated rings. The zero-order valence-electron chi connectivity index (χ0n) is 17.8. The number of benzene rings is 1. The van der Waals surface area contributed by atoms with Gasteiger partial charge >= 0.3 is 23.9 Å². The largest absolute Gasteiger partial charge is 0.481 e. The van der Waals surface area contributed by atoms with E-state index in [1.165, 1.54) is 0 Å². The molecule has 0 spiro atoms. The summed E-state index contributed by atoms with van der Waals surface area (Å²) in [5.74, 6) is -4.08. The molecular weight excluding hydrogens is 422 g/mol. The van der Waals surface area contributed by atoms with Crippen molar-refractivity contribution in [3.63, 3.8) is 0 Å². The fourth-order valence-electron chi connectivity index (χ4n) is 2.80. The van der Waals surface area contributed by atoms with E-state index in [9.17, 15) is 29.1 Å². The second kappa shape index (κ2) is 13.6. The molecule has 1 aromatic carbocycles. The van der Waals surface area contributed by atoms with Gasteiger partial charge in [-0.1, -0.05) is 29.8 Å². The van der Waals surface area contributed by atoms with Gasteiger partial charge in [-0.2, -0.15) is 0 Å². The first kappa shape index (κ1) is 26.4. The normalized spacial score (nSPS) is 12.3. The number of unbranched alkanes of at least 4 members (excludes halogenated alkanes) is 1. The van der Waals surface area contributed by atoms with Gasteiger partial charge in [0.2, 0.25) is 5.91 Å². The molecular formula is C21H29N3O8. The predicted octanol–water partition coefficient (Wildman–Crippen LogP) is 0.894. The monoisotopic (exact) mass is 451 g/mol. The number of aliphatic carboxylic acids is 3. The Morgan fingerprint density at radius 3 is 1.94 bits per heavy atom. The van der Waals surface area contributed by atoms with Crippen LogP contribution in [0.5, 0.6) is 0 Å². The van der Waals surface area contributed by atoms with Crippen LogP contribution < -0.4 is 16.0 Å². The summed E-state index contributed by atoms with van der Waals surface area (Å²) in [6.07, 6.45) is 0.399. The van der Waals surface area contributed by atoms with Crippen LogP contribution in [0.4, 0.5) is 4.79 Å². The van der Waals surface area contributed by atoms with Gasteiger partial charge in [-0.15, -0.1) is 0 Å². The number of carboxylic acid groups (broad SMARTS) is 3. The van der Waals surface area contributed by atoms with Crippen molar-refractivity contribution in [2.45, 2.75) is 57.5 Å². The minimum absolute atomic E-state index is 0.0729. The highest BCUT2D eigenvalue weighted by Crippen LogP contribution is 2.05. The smallest absolute Gasteiger partial charge is 0.326 e. The third-order valence-electron chi connectivity index (χ3n) is 4.58. The Balaban J connectivity index is 2.36. The first-order valence-electron chi connectivity index (χ1n) is 10.1. The molecule has 1 aromatic rings. The molecule has 0 saturated carbocycles. The second-order valence-electron chi connectivity index (χ2n) is 7.34. The van der Waals surface area contributed by atoms with Gasteiger partial charge in [0.25, 0.3) is 0 Å². The lowest BCUT2D eigenvalue weighted by Gasteiger charge is -2.18. The first-order chi connectivity index (χ1) is 15.1. The molecule has 0 heterocycles. The molecule has 32 heavy (non-hydrogen) atoms. The van der Waals surface area contributed by atoms with E-state index in [2.05, 4.69) is 16.0 Å². The zero-order chi connectivity index (χ0) is 24.1. The lowest BCUT2D eigenvalue weighted by Crippen LogP contribution is -2.51. The van der Waals surface area contributed by atoms with Crippen molar-refractivity contribution in [1.82, 2.24) is 16.0 Å². The van der Waals surface area contributed by atoms with E-state index < -0.39 is 42.4 Å². The van der Waals surface area contributed by atoms with Crippen LogP contribution in [0, 0.1) is 6.92 Å². The van der Waals surface area contributed by atoms with Gasteiger partial charge in [0.1, 0.15) is 12.1 Å². The van der Waals surface area contributed by atoms with E-state index in [1.54, 1.807) is 0 Å². The van der Waals surface area contributed by atoms with E-state index in [0.717, 1.165) is 11.1 Å². The second-order valence-corrected chi connectivity index (χ2v) is 7.34. The Morgan fingerprint density at radius 2 is 1.41 bits per heavy atom. The Hall–Kier alpha value is -3.63. The molecule has 0 aromatic heterocycles. The quantitative estimate of drug-likeness (QED) is 0.225. The van der Waals surface area contributed by atoms with Crippen molar-refractivity contribution in [3.05, 3.63) is 35.4 Å². The third kappa shape index (κ3) is 11.0. The minimum Gasteiger partial charge on any atom is -0.481 e. The molecule has 2 atom stereocenters. The molecule has 0 unspecified atom stereocenters. The van der Waals surface area contributed by atoms with Crippen LogP contribution in [-0.4, -0.2) is 63.8 Å². The van der Waals surface area contributed by atoms with Crippen LogP contribution in [0.25, 0.3) is 0 Å². The van der Waals surface area contributed by atoms with Crippen molar-refractivity contribution in [2.24, 2.45) is 0 Å². The number of hydrogen-bond acceptors (Lipinski definition) is 5. The van der Waals surface area contributed by atoms with E-state index in [-0.39, 0.29) is 25.2 Å². The minimum atomic E-state index is -1.45. The molecule has 11 nitrogen and oxygen atoms in total. The van der Waals surface area contributed by atoms with Crippen molar-refractivity contribution in [3.8, 4) is 0 Å². The van der Waals surface area contributed by atoms with Crippen LogP contribution in [0.15, 0.2) is 24.3 Å². The zero-order valence-corrected chi connectivity index (χ0v) is 17.8. The number of hydrogen-bond donors (Lipinski definition) is 6. The fourth-order valence-corrected chi connectivity index (χ4v) is 2.80. The summed E-state index contributed by atoms with van der Waals surface area (Å²) in [5.41, 5.74) is 1.99. The summed E-state index contributed by atoms with van der Waals surface area (Å²) in [6.45, 7) is 2.30. The number of carboxylic acids is 3. The van der Waals surface area contributed by atoms with Gasteiger partial charge < -0.3 is 31.3 Å². The molecule has 0 aliphatic carbocycles. The fraction of sp³-hybridized carbons (Fsp3) is 0.476. The van der Waals surface area contributed by atoms with E-state index in [1.807, 2.05) is 31.2 Å². The molecule has 0 bridgehead atoms. The molecule has 176 valence electrons. The lowest BCUT2D eigenvalue weighted by molar-refractivity contribution is -0.140. The van der Waals surface area contributed by atoms with Crippen LogP contribution >= 0.6 is 0 Å². The highest BCUT2D eigenvalue weighted by atomic mass is 16.4. The number of rotatable bonds is 14. The molecule has 11 heteroatoms. The molecule has 3 amide bonds. The SMILES string of the molecule is Cc1ccc(CC(=O)NCCCC[C@H](NC(=O)N[C@@H](CCC(=O)O)C(=O)O)C(=O)O)cc1. The van der Waals surface area contributed by atoms with E-state index >= 15 is 0 Å². The van der Waals surface area contributed by atoms with Gasteiger partial charge in [-0.05, 0) is 38.2 Å². The Kier molecular flexibility index (Phi) is 11.2. The van der Waals surface area contributed by atoms with E-state index in [4.69, 9.17) is 10.2 Å². The molecule has 0 saturated heterocycles. The number of carbonyl (C=O) groups excluding carboxylic acids is 2. The summed E-state index contributed by atoms with van der Waals surface area (Å²) in [7, 11) is 0. The number of urea groups is 1. The van der Waals surface area contributed by atoms with Crippen LogP contribution in [-0.2, 0) is 25.6 Å². The standard InChI is InChI=1S/C21H29N3O8/c1-13-5-7-14(8-6-13)12-17(25)22-11-3-2-4-15(19(28)29)23-21(32)24-16(20(30)31)9-10-18(26)27/h5-8,15-16H,2-4,9-12H2,1H3,(H,22,25)(H,26,27)(H,28,29)(H,30,31)(H2,23,24,32)/t15-,16-/m0/s1.